The molecule has 0 radical (unpaired) electrons. The Balaban J connectivity index is 2.45. The Morgan fingerprint density at radius 3 is 2.93 bits per heavy atom. The highest BCUT2D eigenvalue weighted by Crippen LogP contribution is 2.19. The number of rotatable bonds is 3. The zero-order chi connectivity index (χ0) is 10.6. The summed E-state index contributed by atoms with van der Waals surface area (Å²) in [6.45, 7) is 3.85. The lowest BCUT2D eigenvalue weighted by Crippen LogP contribution is -2.48. The summed E-state index contributed by atoms with van der Waals surface area (Å²) in [7, 11) is 1.77. The Morgan fingerprint density at radius 1 is 1.64 bits per heavy atom. The SMILES string of the molecule is CC[C@@H]1CN(C(=O)CNC)CC[C@H]1O. The van der Waals surface area contributed by atoms with E-state index in [1.54, 1.807) is 7.05 Å². The normalized spacial score (nSPS) is 27.8. The van der Waals surface area contributed by atoms with Gasteiger partial charge < -0.3 is 15.3 Å². The molecule has 2 N–H and O–H groups in total. The molecule has 0 spiro atoms. The van der Waals surface area contributed by atoms with E-state index in [0.717, 1.165) is 6.42 Å². The van der Waals surface area contributed by atoms with Gasteiger partial charge in [0.25, 0.3) is 0 Å². The zero-order valence-corrected chi connectivity index (χ0v) is 8.99. The molecule has 14 heavy (non-hydrogen) atoms. The van der Waals surface area contributed by atoms with Crippen molar-refractivity contribution in [3.8, 4) is 0 Å². The number of nitrogens with zero attached hydrogens (tertiary/aromatic N) is 1. The van der Waals surface area contributed by atoms with E-state index >= 15 is 0 Å². The van der Waals surface area contributed by atoms with Crippen molar-refractivity contribution in [3.05, 3.63) is 0 Å². The molecule has 1 saturated heterocycles. The van der Waals surface area contributed by atoms with Gasteiger partial charge in [0.2, 0.25) is 5.91 Å². The van der Waals surface area contributed by atoms with Crippen LogP contribution in [0.3, 0.4) is 0 Å². The summed E-state index contributed by atoms with van der Waals surface area (Å²) in [5.41, 5.74) is 0. The summed E-state index contributed by atoms with van der Waals surface area (Å²) in [5.74, 6) is 0.391. The number of hydrogen-bond donors (Lipinski definition) is 2. The number of aliphatic hydroxyl groups is 1. The molecule has 0 bridgehead atoms. The van der Waals surface area contributed by atoms with E-state index in [4.69, 9.17) is 0 Å². The lowest BCUT2D eigenvalue weighted by molar-refractivity contribution is -0.133. The van der Waals surface area contributed by atoms with Gasteiger partial charge in [-0.25, -0.2) is 0 Å². The quantitative estimate of drug-likeness (QED) is 0.665. The molecule has 0 aromatic heterocycles. The van der Waals surface area contributed by atoms with Gasteiger partial charge in [0.1, 0.15) is 0 Å². The van der Waals surface area contributed by atoms with Gasteiger partial charge in [0, 0.05) is 19.0 Å². The lowest BCUT2D eigenvalue weighted by atomic mass is 9.92. The molecule has 0 aliphatic carbocycles. The first-order chi connectivity index (χ1) is 6.69. The van der Waals surface area contributed by atoms with Crippen molar-refractivity contribution >= 4 is 5.91 Å². The predicted octanol–water partition coefficient (Wildman–Crippen LogP) is -0.175. The van der Waals surface area contributed by atoms with Gasteiger partial charge in [-0.05, 0) is 19.9 Å². The maximum absolute atomic E-state index is 11.5. The number of carbonyl (C=O) groups excluding carboxylic acids is 1. The van der Waals surface area contributed by atoms with Gasteiger partial charge in [0.05, 0.1) is 12.6 Å². The summed E-state index contributed by atoms with van der Waals surface area (Å²) in [5, 5.41) is 12.5. The highest BCUT2D eigenvalue weighted by molar-refractivity contribution is 5.78. The van der Waals surface area contributed by atoms with Crippen LogP contribution >= 0.6 is 0 Å². The van der Waals surface area contributed by atoms with Gasteiger partial charge in [-0.3, -0.25) is 4.79 Å². The molecule has 0 aromatic carbocycles. The fourth-order valence-electron chi connectivity index (χ4n) is 1.91. The third-order valence-electron chi connectivity index (χ3n) is 2.90. The number of piperidine rings is 1. The Labute approximate surface area is 85.3 Å². The molecule has 4 heteroatoms. The summed E-state index contributed by atoms with van der Waals surface area (Å²) in [4.78, 5) is 13.4. The summed E-state index contributed by atoms with van der Waals surface area (Å²) in [6, 6.07) is 0. The smallest absolute Gasteiger partial charge is 0.236 e. The maximum atomic E-state index is 11.5. The minimum absolute atomic E-state index is 0.137. The molecule has 1 heterocycles. The highest BCUT2D eigenvalue weighted by Gasteiger charge is 2.28. The van der Waals surface area contributed by atoms with Crippen molar-refractivity contribution in [3.63, 3.8) is 0 Å². The van der Waals surface area contributed by atoms with Crippen LogP contribution in [0.15, 0.2) is 0 Å². The molecule has 4 nitrogen and oxygen atoms in total. The summed E-state index contributed by atoms with van der Waals surface area (Å²) < 4.78 is 0. The maximum Gasteiger partial charge on any atom is 0.236 e. The second kappa shape index (κ2) is 5.32. The Hall–Kier alpha value is -0.610. The van der Waals surface area contributed by atoms with Crippen molar-refractivity contribution in [1.29, 1.82) is 0 Å². The topological polar surface area (TPSA) is 52.6 Å². The van der Waals surface area contributed by atoms with Crippen LogP contribution in [0.25, 0.3) is 0 Å². The van der Waals surface area contributed by atoms with Crippen molar-refractivity contribution in [2.45, 2.75) is 25.9 Å². The van der Waals surface area contributed by atoms with Crippen LogP contribution in [0.2, 0.25) is 0 Å². The van der Waals surface area contributed by atoms with Gasteiger partial charge in [-0.1, -0.05) is 6.92 Å². The van der Waals surface area contributed by atoms with E-state index in [2.05, 4.69) is 12.2 Å². The van der Waals surface area contributed by atoms with Gasteiger partial charge in [-0.2, -0.15) is 0 Å². The third kappa shape index (κ3) is 2.69. The van der Waals surface area contributed by atoms with E-state index in [9.17, 15) is 9.90 Å². The Morgan fingerprint density at radius 2 is 2.36 bits per heavy atom. The van der Waals surface area contributed by atoms with Crippen molar-refractivity contribution in [2.75, 3.05) is 26.7 Å². The van der Waals surface area contributed by atoms with E-state index in [-0.39, 0.29) is 17.9 Å². The minimum Gasteiger partial charge on any atom is -0.393 e. The van der Waals surface area contributed by atoms with Gasteiger partial charge in [-0.15, -0.1) is 0 Å². The van der Waals surface area contributed by atoms with Gasteiger partial charge in [0.15, 0.2) is 0 Å². The molecule has 1 aliphatic rings. The minimum atomic E-state index is -0.223. The number of nitrogens with one attached hydrogen (secondary N) is 1. The average Bonchev–Trinajstić information content (AvgIpc) is 2.19. The molecule has 1 aliphatic heterocycles. The molecule has 1 rings (SSSR count). The second-order valence-electron chi connectivity index (χ2n) is 3.89. The zero-order valence-electron chi connectivity index (χ0n) is 8.99. The molecule has 0 aromatic rings. The van der Waals surface area contributed by atoms with E-state index in [1.165, 1.54) is 0 Å². The van der Waals surface area contributed by atoms with Crippen LogP contribution in [0, 0.1) is 5.92 Å². The molecule has 2 atom stereocenters. The molecule has 1 fully saturated rings. The number of likely N-dealkylation sites (N-methyl/N-ethyl adjacent to an activating group) is 1. The van der Waals surface area contributed by atoms with Crippen LogP contribution in [0.4, 0.5) is 0 Å². The number of likely N-dealkylation sites (tertiary alicyclic amines) is 1. The van der Waals surface area contributed by atoms with Crippen molar-refractivity contribution in [1.82, 2.24) is 10.2 Å². The molecular formula is C10H20N2O2. The van der Waals surface area contributed by atoms with Crippen LogP contribution < -0.4 is 5.32 Å². The molecule has 0 unspecified atom stereocenters. The number of carbonyl (C=O) groups is 1. The lowest BCUT2D eigenvalue weighted by Gasteiger charge is -2.35. The third-order valence-corrected chi connectivity index (χ3v) is 2.90. The predicted molar refractivity (Wildman–Crippen MR) is 54.9 cm³/mol. The average molecular weight is 200 g/mol. The van der Waals surface area contributed by atoms with Crippen LogP contribution in [0.1, 0.15) is 19.8 Å². The Bertz CT molecular complexity index is 197. The summed E-state index contributed by atoms with van der Waals surface area (Å²) in [6.07, 6.45) is 1.43. The molecular weight excluding hydrogens is 180 g/mol. The van der Waals surface area contributed by atoms with E-state index in [1.807, 2.05) is 4.90 Å². The molecule has 0 saturated carbocycles. The summed E-state index contributed by atoms with van der Waals surface area (Å²) >= 11 is 0. The highest BCUT2D eigenvalue weighted by atomic mass is 16.3. The van der Waals surface area contributed by atoms with Crippen LogP contribution in [-0.4, -0.2) is 48.7 Å². The first kappa shape index (κ1) is 11.5. The Kier molecular flexibility index (Phi) is 4.35. The van der Waals surface area contributed by atoms with Crippen molar-refractivity contribution in [2.24, 2.45) is 5.92 Å². The van der Waals surface area contributed by atoms with E-state index in [0.29, 0.717) is 26.1 Å². The first-order valence-corrected chi connectivity index (χ1v) is 5.29. The van der Waals surface area contributed by atoms with Crippen molar-refractivity contribution < 1.29 is 9.90 Å². The number of amides is 1. The monoisotopic (exact) mass is 200 g/mol. The molecule has 82 valence electrons. The largest absolute Gasteiger partial charge is 0.393 e. The van der Waals surface area contributed by atoms with Crippen LogP contribution in [-0.2, 0) is 4.79 Å². The standard InChI is InChI=1S/C10H20N2O2/c1-3-8-7-12(5-4-9(8)13)10(14)6-11-2/h8-9,11,13H,3-7H2,1-2H3/t8-,9-/m1/s1. The van der Waals surface area contributed by atoms with E-state index < -0.39 is 0 Å². The number of aliphatic hydroxyl groups excluding tert-OH is 1. The fourth-order valence-corrected chi connectivity index (χ4v) is 1.91. The second-order valence-corrected chi connectivity index (χ2v) is 3.89. The fraction of sp³-hybridized carbons (Fsp3) is 0.900. The van der Waals surface area contributed by atoms with Crippen LogP contribution in [0.5, 0.6) is 0 Å². The van der Waals surface area contributed by atoms with Gasteiger partial charge >= 0.3 is 0 Å². The number of hydrogen-bond acceptors (Lipinski definition) is 3. The first-order valence-electron chi connectivity index (χ1n) is 5.29. The molecule has 1 amide bonds.